The number of benzene rings is 2. The van der Waals surface area contributed by atoms with Crippen LogP contribution in [0.2, 0.25) is 5.02 Å². The summed E-state index contributed by atoms with van der Waals surface area (Å²) in [6.45, 7) is 4.17. The van der Waals surface area contributed by atoms with E-state index in [9.17, 15) is 4.79 Å². The molecule has 7 heteroatoms. The van der Waals surface area contributed by atoms with Crippen LogP contribution < -0.4 is 4.90 Å². The highest BCUT2D eigenvalue weighted by Crippen LogP contribution is 2.50. The quantitative estimate of drug-likeness (QED) is 0.491. The van der Waals surface area contributed by atoms with Crippen molar-refractivity contribution >= 4 is 57.6 Å². The van der Waals surface area contributed by atoms with Crippen molar-refractivity contribution in [3.8, 4) is 0 Å². The first-order valence-electron chi connectivity index (χ1n) is 8.29. The van der Waals surface area contributed by atoms with E-state index in [0.29, 0.717) is 27.3 Å². The van der Waals surface area contributed by atoms with Gasteiger partial charge in [0.05, 0.1) is 21.4 Å². The Morgan fingerprint density at radius 2 is 1.89 bits per heavy atom. The van der Waals surface area contributed by atoms with E-state index in [0.717, 1.165) is 15.6 Å². The molecule has 1 fully saturated rings. The number of amides is 1. The van der Waals surface area contributed by atoms with Gasteiger partial charge in [0.1, 0.15) is 4.91 Å². The van der Waals surface area contributed by atoms with Gasteiger partial charge in [0.25, 0.3) is 5.91 Å². The second-order valence-corrected chi connectivity index (χ2v) is 8.33. The van der Waals surface area contributed by atoms with E-state index >= 15 is 0 Å². The summed E-state index contributed by atoms with van der Waals surface area (Å²) in [5.74, 6) is -0.0622. The van der Waals surface area contributed by atoms with Crippen molar-refractivity contribution < 1.29 is 4.79 Å². The molecule has 2 aromatic carbocycles. The summed E-state index contributed by atoms with van der Waals surface area (Å²) in [6, 6.07) is 15.5. The normalized spacial score (nSPS) is 20.5. The molecule has 4 rings (SSSR count). The average Bonchev–Trinajstić information content (AvgIpc) is 3.16. The molecule has 0 saturated carbocycles. The topological polar surface area (TPSA) is 35.9 Å². The van der Waals surface area contributed by atoms with Gasteiger partial charge in [0, 0.05) is 18.5 Å². The first-order chi connectivity index (χ1) is 13.1. The Kier molecular flexibility index (Phi) is 5.04. The fraction of sp³-hybridized carbons (Fsp3) is 0.100. The second-order valence-electron chi connectivity index (χ2n) is 5.92. The number of aliphatic imine (C=N–C) groups is 1. The first kappa shape index (κ1) is 18.2. The van der Waals surface area contributed by atoms with Crippen LogP contribution in [0.25, 0.3) is 0 Å². The van der Waals surface area contributed by atoms with Crippen LogP contribution in [-0.2, 0) is 4.79 Å². The number of thioether (sulfide) groups is 2. The molecule has 0 spiro atoms. The minimum Gasteiger partial charge on any atom is -0.337 e. The lowest BCUT2D eigenvalue weighted by Crippen LogP contribution is -2.29. The average molecular weight is 414 g/mol. The van der Waals surface area contributed by atoms with Crippen molar-refractivity contribution in [2.45, 2.75) is 4.90 Å². The van der Waals surface area contributed by atoms with Crippen molar-refractivity contribution in [3.63, 3.8) is 0 Å². The van der Waals surface area contributed by atoms with Crippen LogP contribution in [0, 0.1) is 0 Å². The van der Waals surface area contributed by atoms with Gasteiger partial charge in [0.15, 0.2) is 5.17 Å². The fourth-order valence-corrected chi connectivity index (χ4v) is 5.38. The standard InChI is InChI=1S/C20H16ClN3OS2/c1-3-12-24-18(25)17(19-23(2)15-10-6-7-11-16(15)26-19)27-20(24)22-14-9-5-4-8-13(14)21/h3-11H,1,12H2,2H3/b19-17-,22-20?. The lowest BCUT2D eigenvalue weighted by atomic mass is 10.3. The van der Waals surface area contributed by atoms with E-state index in [1.54, 1.807) is 28.8 Å². The lowest BCUT2D eigenvalue weighted by molar-refractivity contribution is -0.121. The van der Waals surface area contributed by atoms with Crippen LogP contribution in [0.3, 0.4) is 0 Å². The van der Waals surface area contributed by atoms with E-state index in [-0.39, 0.29) is 5.91 Å². The minimum absolute atomic E-state index is 0.0622. The van der Waals surface area contributed by atoms with Gasteiger partial charge in [-0.25, -0.2) is 4.99 Å². The smallest absolute Gasteiger partial charge is 0.269 e. The zero-order valence-electron chi connectivity index (χ0n) is 14.6. The number of halogens is 1. The maximum absolute atomic E-state index is 13.1. The molecule has 2 aromatic rings. The SMILES string of the molecule is C=CCN1C(=O)/C(=C2/Sc3ccccc3N2C)SC1=Nc1ccccc1Cl. The number of amidine groups is 1. The molecule has 1 saturated heterocycles. The molecule has 2 heterocycles. The number of hydrogen-bond acceptors (Lipinski definition) is 5. The van der Waals surface area contributed by atoms with E-state index in [1.807, 2.05) is 37.4 Å². The van der Waals surface area contributed by atoms with Crippen molar-refractivity contribution in [3.05, 3.63) is 76.1 Å². The molecular weight excluding hydrogens is 398 g/mol. The van der Waals surface area contributed by atoms with Gasteiger partial charge in [-0.05, 0) is 36.0 Å². The number of para-hydroxylation sites is 2. The molecule has 2 aliphatic rings. The van der Waals surface area contributed by atoms with Crippen LogP contribution in [0.15, 0.2) is 81.0 Å². The van der Waals surface area contributed by atoms with Crippen molar-refractivity contribution in [2.75, 3.05) is 18.5 Å². The third-order valence-corrected chi connectivity index (χ3v) is 6.93. The van der Waals surface area contributed by atoms with Crippen LogP contribution >= 0.6 is 35.1 Å². The third-order valence-electron chi connectivity index (χ3n) is 4.18. The summed E-state index contributed by atoms with van der Waals surface area (Å²) in [5.41, 5.74) is 1.75. The highest BCUT2D eigenvalue weighted by molar-refractivity contribution is 8.19. The van der Waals surface area contributed by atoms with Gasteiger partial charge in [0.2, 0.25) is 0 Å². The van der Waals surface area contributed by atoms with E-state index in [1.165, 1.54) is 11.8 Å². The molecule has 0 aromatic heterocycles. The summed E-state index contributed by atoms with van der Waals surface area (Å²) in [4.78, 5) is 23.3. The largest absolute Gasteiger partial charge is 0.337 e. The van der Waals surface area contributed by atoms with Crippen LogP contribution in [0.5, 0.6) is 0 Å². The molecule has 0 N–H and O–H groups in total. The van der Waals surface area contributed by atoms with Crippen LogP contribution in [-0.4, -0.2) is 29.6 Å². The molecular formula is C20H16ClN3OS2. The van der Waals surface area contributed by atoms with Gasteiger partial charge in [-0.15, -0.1) is 6.58 Å². The number of hydrogen-bond donors (Lipinski definition) is 0. The number of fused-ring (bicyclic) bond motifs is 1. The van der Waals surface area contributed by atoms with E-state index in [4.69, 9.17) is 11.6 Å². The Bertz CT molecular complexity index is 1000. The maximum atomic E-state index is 13.1. The Morgan fingerprint density at radius 3 is 2.63 bits per heavy atom. The van der Waals surface area contributed by atoms with E-state index < -0.39 is 0 Å². The highest BCUT2D eigenvalue weighted by atomic mass is 35.5. The highest BCUT2D eigenvalue weighted by Gasteiger charge is 2.38. The van der Waals surface area contributed by atoms with Crippen molar-refractivity contribution in [2.24, 2.45) is 4.99 Å². The predicted molar refractivity (Wildman–Crippen MR) is 116 cm³/mol. The minimum atomic E-state index is -0.0622. The van der Waals surface area contributed by atoms with Gasteiger partial charge in [-0.3, -0.25) is 9.69 Å². The van der Waals surface area contributed by atoms with E-state index in [2.05, 4.69) is 28.6 Å². The van der Waals surface area contributed by atoms with Crippen LogP contribution in [0.4, 0.5) is 11.4 Å². The van der Waals surface area contributed by atoms with Gasteiger partial charge in [-0.1, -0.05) is 53.7 Å². The molecule has 136 valence electrons. The molecule has 0 bridgehead atoms. The van der Waals surface area contributed by atoms with Crippen molar-refractivity contribution in [1.82, 2.24) is 4.90 Å². The van der Waals surface area contributed by atoms with Gasteiger partial charge < -0.3 is 4.90 Å². The lowest BCUT2D eigenvalue weighted by Gasteiger charge is -2.15. The summed E-state index contributed by atoms with van der Waals surface area (Å²) >= 11 is 9.23. The molecule has 27 heavy (non-hydrogen) atoms. The fourth-order valence-electron chi connectivity index (χ4n) is 2.85. The number of nitrogens with zero attached hydrogens (tertiary/aromatic N) is 3. The second kappa shape index (κ2) is 7.46. The molecule has 0 aliphatic carbocycles. The molecule has 4 nitrogen and oxygen atoms in total. The summed E-state index contributed by atoms with van der Waals surface area (Å²) in [5, 5.41) is 2.09. The number of carbonyl (C=O) groups excluding carboxylic acids is 1. The molecule has 0 unspecified atom stereocenters. The maximum Gasteiger partial charge on any atom is 0.269 e. The third kappa shape index (κ3) is 3.29. The molecule has 1 amide bonds. The predicted octanol–water partition coefficient (Wildman–Crippen LogP) is 5.50. The zero-order valence-corrected chi connectivity index (χ0v) is 16.9. The Balaban J connectivity index is 1.76. The van der Waals surface area contributed by atoms with Crippen molar-refractivity contribution in [1.29, 1.82) is 0 Å². The molecule has 0 atom stereocenters. The molecule has 2 aliphatic heterocycles. The zero-order chi connectivity index (χ0) is 19.0. The Labute approximate surface area is 171 Å². The monoisotopic (exact) mass is 413 g/mol. The first-order valence-corrected chi connectivity index (χ1v) is 10.3. The van der Waals surface area contributed by atoms with Crippen LogP contribution in [0.1, 0.15) is 0 Å². The Hall–Kier alpha value is -2.15. The molecule has 0 radical (unpaired) electrons. The number of rotatable bonds is 3. The van der Waals surface area contributed by atoms with Gasteiger partial charge >= 0.3 is 0 Å². The van der Waals surface area contributed by atoms with Gasteiger partial charge in [-0.2, -0.15) is 0 Å². The summed E-state index contributed by atoms with van der Waals surface area (Å²) in [7, 11) is 1.98. The number of carbonyl (C=O) groups is 1. The summed E-state index contributed by atoms with van der Waals surface area (Å²) in [6.07, 6.45) is 1.70. The summed E-state index contributed by atoms with van der Waals surface area (Å²) < 4.78 is 0. The number of anilines is 1. The Morgan fingerprint density at radius 1 is 1.15 bits per heavy atom.